The van der Waals surface area contributed by atoms with Gasteiger partial charge in [0.25, 0.3) is 0 Å². The molecule has 3 aromatic rings. The zero-order valence-electron chi connectivity index (χ0n) is 57.3. The molecule has 2 aromatic carbocycles. The van der Waals surface area contributed by atoms with Crippen LogP contribution in [0.25, 0.3) is 0 Å². The summed E-state index contributed by atoms with van der Waals surface area (Å²) in [4.78, 5) is 155. The zero-order valence-corrected chi connectivity index (χ0v) is 58.1. The van der Waals surface area contributed by atoms with Crippen molar-refractivity contribution in [1.29, 1.82) is 0 Å². The van der Waals surface area contributed by atoms with Gasteiger partial charge >= 0.3 is 18.2 Å². The highest BCUT2D eigenvalue weighted by molar-refractivity contribution is 7.09. The fraction of sp³-hybridized carbons (Fsp3) is 0.606. The van der Waals surface area contributed by atoms with Crippen LogP contribution in [0, 0.1) is 17.8 Å². The highest BCUT2D eigenvalue weighted by Gasteiger charge is 2.44. The number of amides is 13. The molecule has 0 saturated carbocycles. The number of carbonyl (C=O) groups is 11. The Morgan fingerprint density at radius 1 is 0.750 bits per heavy atom. The Morgan fingerprint density at radius 2 is 1.34 bits per heavy atom. The van der Waals surface area contributed by atoms with Gasteiger partial charge in [-0.3, -0.25) is 38.4 Å². The summed E-state index contributed by atoms with van der Waals surface area (Å²) >= 11 is 1.46. The molecule has 0 bridgehead atoms. The van der Waals surface area contributed by atoms with Crippen LogP contribution in [0.2, 0.25) is 0 Å². The molecule has 29 nitrogen and oxygen atoms in total. The van der Waals surface area contributed by atoms with Crippen molar-refractivity contribution in [2.75, 3.05) is 52.8 Å². The number of hydrogen-bond donors (Lipinski definition) is 12. The Kier molecular flexibility index (Phi) is 33.5. The summed E-state index contributed by atoms with van der Waals surface area (Å²) < 4.78 is 17.7. The van der Waals surface area contributed by atoms with Crippen LogP contribution in [0.3, 0.4) is 0 Å². The first-order valence-electron chi connectivity index (χ1n) is 32.7. The van der Waals surface area contributed by atoms with Gasteiger partial charge in [0, 0.05) is 65.1 Å². The number of nitrogens with one attached hydrogen (secondary N) is 9. The molecule has 30 heteroatoms. The Balaban J connectivity index is 1.40. The molecule has 1 fully saturated rings. The maximum Gasteiger partial charge on any atom is 0.408 e. The first-order chi connectivity index (χ1) is 45.5. The smallest absolute Gasteiger partial charge is 0.408 e. The van der Waals surface area contributed by atoms with E-state index in [1.165, 1.54) is 56.3 Å². The summed E-state index contributed by atoms with van der Waals surface area (Å²) in [5, 5.41) is 26.8. The molecule has 15 N–H and O–H groups in total. The van der Waals surface area contributed by atoms with Gasteiger partial charge in [-0.15, -0.1) is 11.3 Å². The molecular weight excluding hydrogens is 1260 g/mol. The Morgan fingerprint density at radius 3 is 1.88 bits per heavy atom. The number of nitrogens with zero attached hydrogens (tertiary/aromatic N) is 3. The van der Waals surface area contributed by atoms with Crippen LogP contribution in [0.4, 0.5) is 20.1 Å². The standard InChI is InChI=1S/C66H103N15O14S/c1-12-40(4)54(51(93-10)37-52(83)81-34-19-25-50(81)55(94-11)41(5)56(84)77-49(60-70-33-35-96-60)36-43-20-14-13-15-21-43)80(9)61(88)53(39(2)3)78-62(89)66(7,8)79-65(92)95-38-44-26-28-45(29-27-44)74-57(85)47(23-17-31-71-63(68)90)75-59(87)48(24-18-32-72-64(69)91)76-58(86)46(22-16-30-67)73-42(6)82/h13-15,20-21,26-29,33,35,39-41,46-51,53-55H,12,16-19,22-25,30-32,34,36-38,67H2,1-11H3,(H,73,82)(H,74,85)(H,75,87)(H,76,86)(H,77,84)(H,78,89)(H,79,92)(H3,68,71,90)(H3,69,72,91)/t40-,41+,46-,47-,48-,49-,50-,51+,53-,54-,55+/m0/s1. The minimum Gasteiger partial charge on any atom is -0.445 e. The van der Waals surface area contributed by atoms with Crippen LogP contribution in [0.1, 0.15) is 142 Å². The molecule has 0 spiro atoms. The number of hydrogen-bond acceptors (Lipinski definition) is 17. The van der Waals surface area contributed by atoms with Crippen molar-refractivity contribution < 1.29 is 67.0 Å². The molecule has 1 aromatic heterocycles. The normalized spacial score (nSPS) is 16.1. The third kappa shape index (κ3) is 25.6. The van der Waals surface area contributed by atoms with E-state index in [4.69, 9.17) is 31.4 Å². The average Bonchev–Trinajstić information content (AvgIpc) is 1.79. The Hall–Kier alpha value is -8.48. The summed E-state index contributed by atoms with van der Waals surface area (Å²) in [6.07, 6.45) is 2.61. The molecule has 11 atom stereocenters. The summed E-state index contributed by atoms with van der Waals surface area (Å²) in [5.41, 5.74) is 16.3. The van der Waals surface area contributed by atoms with E-state index in [-0.39, 0.29) is 94.2 Å². The molecule has 1 aliphatic rings. The van der Waals surface area contributed by atoms with E-state index >= 15 is 0 Å². The monoisotopic (exact) mass is 1360 g/mol. The quantitative estimate of drug-likeness (QED) is 0.0363. The molecule has 1 saturated heterocycles. The lowest BCUT2D eigenvalue weighted by Crippen LogP contribution is -2.62. The number of nitrogens with two attached hydrogens (primary N) is 3. The molecule has 96 heavy (non-hydrogen) atoms. The lowest BCUT2D eigenvalue weighted by Gasteiger charge is -2.41. The van der Waals surface area contributed by atoms with E-state index in [2.05, 4.69) is 52.8 Å². The number of rotatable bonds is 40. The van der Waals surface area contributed by atoms with E-state index in [0.29, 0.717) is 44.2 Å². The van der Waals surface area contributed by atoms with Crippen molar-refractivity contribution in [1.82, 2.24) is 57.3 Å². The van der Waals surface area contributed by atoms with Gasteiger partial charge in [-0.1, -0.05) is 83.5 Å². The van der Waals surface area contributed by atoms with Gasteiger partial charge < -0.3 is 89.1 Å². The summed E-state index contributed by atoms with van der Waals surface area (Å²) in [7, 11) is 4.67. The predicted molar refractivity (Wildman–Crippen MR) is 362 cm³/mol. The maximum atomic E-state index is 14.7. The highest BCUT2D eigenvalue weighted by Crippen LogP contribution is 2.31. The van der Waals surface area contributed by atoms with E-state index in [0.717, 1.165) is 10.6 Å². The van der Waals surface area contributed by atoms with E-state index in [1.54, 1.807) is 58.2 Å². The predicted octanol–water partition coefficient (Wildman–Crippen LogP) is 3.36. The van der Waals surface area contributed by atoms with Crippen LogP contribution < -0.4 is 65.1 Å². The van der Waals surface area contributed by atoms with Gasteiger partial charge in [0.15, 0.2) is 0 Å². The molecule has 1 aliphatic heterocycles. The lowest BCUT2D eigenvalue weighted by atomic mass is 9.89. The van der Waals surface area contributed by atoms with Gasteiger partial charge in [0.05, 0.1) is 42.7 Å². The molecular formula is C66H103N15O14S. The number of ether oxygens (including phenoxy) is 3. The first-order valence-corrected chi connectivity index (χ1v) is 33.6. The third-order valence-corrected chi connectivity index (χ3v) is 17.9. The van der Waals surface area contributed by atoms with Crippen LogP contribution in [-0.4, -0.2) is 182 Å². The van der Waals surface area contributed by atoms with E-state index in [9.17, 15) is 52.7 Å². The fourth-order valence-electron chi connectivity index (χ4n) is 11.5. The van der Waals surface area contributed by atoms with Crippen LogP contribution >= 0.6 is 11.3 Å². The molecule has 0 aliphatic carbocycles. The van der Waals surface area contributed by atoms with Gasteiger partial charge in [-0.25, -0.2) is 19.4 Å². The topological polar surface area (TPSA) is 421 Å². The van der Waals surface area contributed by atoms with E-state index < -0.39 is 119 Å². The van der Waals surface area contributed by atoms with Crippen LogP contribution in [0.5, 0.6) is 0 Å². The number of carbonyl (C=O) groups excluding carboxylic acids is 11. The SMILES string of the molecule is CC[C@H](C)[C@@H]([C@@H](CC(=O)N1CCC[C@H]1[C@H](OC)[C@@H](C)C(=O)N[C@@H](Cc1ccccc1)c1nccs1)OC)N(C)C(=O)[C@@H](NC(=O)C(C)(C)NC(=O)OCc1ccc(NC(=O)[C@H](CCCNC(N)=O)NC(=O)[C@H](CCCNC(N)=O)NC(=O)[C@H](CCCN)NC(C)=O)cc1)C(C)C. The number of aromatic nitrogens is 1. The van der Waals surface area contributed by atoms with Gasteiger partial charge in [0.1, 0.15) is 41.3 Å². The largest absolute Gasteiger partial charge is 0.445 e. The Labute approximate surface area is 567 Å². The van der Waals surface area contributed by atoms with Crippen molar-refractivity contribution in [2.24, 2.45) is 35.0 Å². The number of anilines is 1. The Bertz CT molecular complexity index is 3020. The highest BCUT2D eigenvalue weighted by atomic mass is 32.1. The number of thiazole rings is 1. The molecule has 532 valence electrons. The van der Waals surface area contributed by atoms with Crippen LogP contribution in [-0.2, 0) is 65.6 Å². The molecule has 4 rings (SSSR count). The van der Waals surface area contributed by atoms with Crippen molar-refractivity contribution >= 4 is 82.4 Å². The lowest BCUT2D eigenvalue weighted by molar-refractivity contribution is -0.148. The van der Waals surface area contributed by atoms with E-state index in [1.807, 2.05) is 49.6 Å². The second-order valence-corrected chi connectivity index (χ2v) is 26.0. The number of methoxy groups -OCH3 is 2. The number of alkyl carbamates (subject to hydrolysis) is 1. The second kappa shape index (κ2) is 40.2. The van der Waals surface area contributed by atoms with Crippen molar-refractivity contribution in [3.05, 3.63) is 82.3 Å². The van der Waals surface area contributed by atoms with Gasteiger partial charge in [-0.05, 0) is 113 Å². The summed E-state index contributed by atoms with van der Waals surface area (Å²) in [6, 6.07) is 8.43. The van der Waals surface area contributed by atoms with Crippen molar-refractivity contribution in [3.63, 3.8) is 0 Å². The van der Waals surface area contributed by atoms with Crippen molar-refractivity contribution in [3.8, 4) is 0 Å². The van der Waals surface area contributed by atoms with Crippen molar-refractivity contribution in [2.45, 2.75) is 193 Å². The number of likely N-dealkylation sites (N-methyl/N-ethyl adjacent to an activating group) is 1. The minimum atomic E-state index is -1.61. The second-order valence-electron chi connectivity index (χ2n) is 25.1. The molecule has 13 amide bonds. The van der Waals surface area contributed by atoms with Crippen LogP contribution in [0.15, 0.2) is 66.2 Å². The number of urea groups is 2. The third-order valence-electron chi connectivity index (χ3n) is 17.0. The molecule has 0 unspecified atom stereocenters. The fourth-order valence-corrected chi connectivity index (χ4v) is 12.2. The maximum absolute atomic E-state index is 14.7. The van der Waals surface area contributed by atoms with Gasteiger partial charge in [0.2, 0.25) is 47.3 Å². The summed E-state index contributed by atoms with van der Waals surface area (Å²) in [6.45, 7) is 14.0. The number of primary amides is 2. The summed E-state index contributed by atoms with van der Waals surface area (Å²) in [5.74, 6) is -5.43. The average molecular weight is 1360 g/mol. The van der Waals surface area contributed by atoms with Gasteiger partial charge in [-0.2, -0.15) is 0 Å². The zero-order chi connectivity index (χ0) is 71.2. The number of benzene rings is 2. The molecule has 2 heterocycles. The number of likely N-dealkylation sites (tertiary alicyclic amines) is 1. The first kappa shape index (κ1) is 80.0. The minimum absolute atomic E-state index is 0.000172. The molecule has 0 radical (unpaired) electrons.